The van der Waals surface area contributed by atoms with Gasteiger partial charge in [0.2, 0.25) is 5.91 Å². The SMILES string of the molecule is CCNC(=NCC1(CCOCC)CC1)NC1CCN(C(=O)C2CCCCC2)C1.I. The molecule has 0 spiro atoms. The Kier molecular flexibility index (Phi) is 10.5. The summed E-state index contributed by atoms with van der Waals surface area (Å²) in [5.74, 6) is 1.57. The van der Waals surface area contributed by atoms with Crippen LogP contribution in [0.4, 0.5) is 0 Å². The lowest BCUT2D eigenvalue weighted by molar-refractivity contribution is -0.135. The molecule has 0 radical (unpaired) electrons. The van der Waals surface area contributed by atoms with Crippen LogP contribution in [0, 0.1) is 11.3 Å². The molecule has 0 aromatic carbocycles. The molecule has 0 bridgehead atoms. The number of nitrogens with zero attached hydrogens (tertiary/aromatic N) is 2. The number of likely N-dealkylation sites (tertiary alicyclic amines) is 1. The fourth-order valence-corrected chi connectivity index (χ4v) is 4.54. The van der Waals surface area contributed by atoms with Gasteiger partial charge in [0.15, 0.2) is 5.96 Å². The second kappa shape index (κ2) is 12.3. The lowest BCUT2D eigenvalue weighted by Crippen LogP contribution is -2.45. The quantitative estimate of drug-likeness (QED) is 0.211. The van der Waals surface area contributed by atoms with Gasteiger partial charge in [-0.2, -0.15) is 0 Å². The fourth-order valence-electron chi connectivity index (χ4n) is 4.54. The number of rotatable bonds is 9. The molecule has 1 saturated heterocycles. The van der Waals surface area contributed by atoms with Gasteiger partial charge in [-0.15, -0.1) is 24.0 Å². The Labute approximate surface area is 194 Å². The van der Waals surface area contributed by atoms with Crippen LogP contribution in [-0.4, -0.2) is 62.2 Å². The zero-order chi connectivity index (χ0) is 19.8. The van der Waals surface area contributed by atoms with E-state index in [4.69, 9.17) is 9.73 Å². The number of carbonyl (C=O) groups is 1. The summed E-state index contributed by atoms with van der Waals surface area (Å²) in [6.45, 7) is 9.21. The van der Waals surface area contributed by atoms with Gasteiger partial charge in [0.1, 0.15) is 0 Å². The second-order valence-electron chi connectivity index (χ2n) is 8.89. The number of aliphatic imine (C=N–C) groups is 1. The molecule has 3 aliphatic rings. The van der Waals surface area contributed by atoms with Crippen LogP contribution in [0.15, 0.2) is 4.99 Å². The Hall–Kier alpha value is -0.570. The Bertz CT molecular complexity index is 533. The van der Waals surface area contributed by atoms with E-state index in [1.807, 2.05) is 0 Å². The number of hydrogen-bond donors (Lipinski definition) is 2. The summed E-state index contributed by atoms with van der Waals surface area (Å²) >= 11 is 0. The summed E-state index contributed by atoms with van der Waals surface area (Å²) in [5, 5.41) is 6.97. The van der Waals surface area contributed by atoms with Gasteiger partial charge in [-0.1, -0.05) is 19.3 Å². The number of nitrogens with one attached hydrogen (secondary N) is 2. The minimum atomic E-state index is 0. The fraction of sp³-hybridized carbons (Fsp3) is 0.909. The lowest BCUT2D eigenvalue weighted by atomic mass is 9.88. The van der Waals surface area contributed by atoms with Gasteiger partial charge in [0, 0.05) is 51.4 Å². The molecular formula is C22H41IN4O2. The first-order valence-corrected chi connectivity index (χ1v) is 11.6. The van der Waals surface area contributed by atoms with Crippen LogP contribution in [-0.2, 0) is 9.53 Å². The van der Waals surface area contributed by atoms with Crippen LogP contribution in [0.1, 0.15) is 71.6 Å². The topological polar surface area (TPSA) is 66.0 Å². The van der Waals surface area contributed by atoms with E-state index in [0.717, 1.165) is 71.0 Å². The zero-order valence-corrected chi connectivity index (χ0v) is 20.7. The van der Waals surface area contributed by atoms with E-state index in [-0.39, 0.29) is 29.9 Å². The summed E-state index contributed by atoms with van der Waals surface area (Å²) in [5.41, 5.74) is 0.357. The normalized spacial score (nSPS) is 24.1. The van der Waals surface area contributed by atoms with Gasteiger partial charge in [0.05, 0.1) is 0 Å². The van der Waals surface area contributed by atoms with Gasteiger partial charge < -0.3 is 20.3 Å². The highest BCUT2D eigenvalue weighted by Crippen LogP contribution is 2.49. The molecule has 168 valence electrons. The largest absolute Gasteiger partial charge is 0.382 e. The third-order valence-electron chi connectivity index (χ3n) is 6.65. The first kappa shape index (κ1) is 24.7. The summed E-state index contributed by atoms with van der Waals surface area (Å²) in [6.07, 6.45) is 10.5. The Morgan fingerprint density at radius 3 is 2.59 bits per heavy atom. The standard InChI is InChI=1S/C22H40N4O2.HI/c1-3-23-21(24-17-22(11-12-22)13-15-28-4-2)25-19-10-14-26(16-19)20(27)18-8-6-5-7-9-18;/h18-19H,3-17H2,1-2H3,(H2,23,24,25);1H. The van der Waals surface area contributed by atoms with Crippen molar-refractivity contribution in [2.24, 2.45) is 16.3 Å². The van der Waals surface area contributed by atoms with E-state index in [0.29, 0.717) is 17.4 Å². The molecule has 1 atom stereocenters. The van der Waals surface area contributed by atoms with Crippen molar-refractivity contribution in [3.05, 3.63) is 0 Å². The van der Waals surface area contributed by atoms with E-state index < -0.39 is 0 Å². The van der Waals surface area contributed by atoms with Crippen molar-refractivity contribution in [1.82, 2.24) is 15.5 Å². The van der Waals surface area contributed by atoms with Crippen LogP contribution in [0.5, 0.6) is 0 Å². The van der Waals surface area contributed by atoms with E-state index in [1.165, 1.54) is 32.1 Å². The maximum atomic E-state index is 12.8. The van der Waals surface area contributed by atoms with E-state index >= 15 is 0 Å². The van der Waals surface area contributed by atoms with Crippen molar-refractivity contribution in [2.75, 3.05) is 39.4 Å². The lowest BCUT2D eigenvalue weighted by Gasteiger charge is -2.26. The van der Waals surface area contributed by atoms with Gasteiger partial charge in [0.25, 0.3) is 0 Å². The molecule has 3 rings (SSSR count). The molecule has 1 unspecified atom stereocenters. The highest BCUT2D eigenvalue weighted by Gasteiger charge is 2.42. The molecule has 0 aromatic heterocycles. The first-order valence-electron chi connectivity index (χ1n) is 11.6. The van der Waals surface area contributed by atoms with Gasteiger partial charge in [-0.25, -0.2) is 0 Å². The summed E-state index contributed by atoms with van der Waals surface area (Å²) in [7, 11) is 0. The number of amides is 1. The number of carbonyl (C=O) groups excluding carboxylic acids is 1. The molecule has 0 aromatic rings. The molecule has 1 aliphatic heterocycles. The highest BCUT2D eigenvalue weighted by atomic mass is 127. The average molecular weight is 521 g/mol. The first-order chi connectivity index (χ1) is 13.7. The molecule has 2 aliphatic carbocycles. The van der Waals surface area contributed by atoms with Gasteiger partial charge >= 0.3 is 0 Å². The van der Waals surface area contributed by atoms with Crippen molar-refractivity contribution >= 4 is 35.8 Å². The summed E-state index contributed by atoms with van der Waals surface area (Å²) in [4.78, 5) is 19.8. The summed E-state index contributed by atoms with van der Waals surface area (Å²) in [6, 6.07) is 0.309. The van der Waals surface area contributed by atoms with Gasteiger partial charge in [-0.05, 0) is 57.8 Å². The molecule has 2 saturated carbocycles. The minimum absolute atomic E-state index is 0. The number of halogens is 1. The van der Waals surface area contributed by atoms with Crippen LogP contribution in [0.25, 0.3) is 0 Å². The maximum absolute atomic E-state index is 12.8. The molecule has 1 amide bonds. The Morgan fingerprint density at radius 2 is 1.93 bits per heavy atom. The highest BCUT2D eigenvalue weighted by molar-refractivity contribution is 14.0. The van der Waals surface area contributed by atoms with Crippen LogP contribution >= 0.6 is 24.0 Å². The molecule has 6 nitrogen and oxygen atoms in total. The monoisotopic (exact) mass is 520 g/mol. The van der Waals surface area contributed by atoms with Crippen molar-refractivity contribution in [2.45, 2.75) is 77.7 Å². The Balaban J connectivity index is 0.00000300. The molecule has 1 heterocycles. The minimum Gasteiger partial charge on any atom is -0.382 e. The van der Waals surface area contributed by atoms with E-state index in [2.05, 4.69) is 29.4 Å². The average Bonchev–Trinajstić information content (AvgIpc) is 3.34. The van der Waals surface area contributed by atoms with Gasteiger partial charge in [-0.3, -0.25) is 9.79 Å². The van der Waals surface area contributed by atoms with Crippen molar-refractivity contribution in [3.63, 3.8) is 0 Å². The van der Waals surface area contributed by atoms with Crippen LogP contribution < -0.4 is 10.6 Å². The Morgan fingerprint density at radius 1 is 1.17 bits per heavy atom. The number of ether oxygens (including phenoxy) is 1. The number of guanidine groups is 1. The molecule has 7 heteroatoms. The predicted molar refractivity (Wildman–Crippen MR) is 129 cm³/mol. The molecule has 3 fully saturated rings. The molecular weight excluding hydrogens is 479 g/mol. The van der Waals surface area contributed by atoms with Crippen LogP contribution in [0.3, 0.4) is 0 Å². The van der Waals surface area contributed by atoms with E-state index in [1.54, 1.807) is 0 Å². The molecule has 2 N–H and O–H groups in total. The molecule has 29 heavy (non-hydrogen) atoms. The maximum Gasteiger partial charge on any atom is 0.225 e. The third-order valence-corrected chi connectivity index (χ3v) is 6.65. The van der Waals surface area contributed by atoms with Crippen molar-refractivity contribution in [1.29, 1.82) is 0 Å². The third kappa shape index (κ3) is 7.56. The van der Waals surface area contributed by atoms with Crippen LogP contribution in [0.2, 0.25) is 0 Å². The zero-order valence-electron chi connectivity index (χ0n) is 18.4. The van der Waals surface area contributed by atoms with Crippen molar-refractivity contribution in [3.8, 4) is 0 Å². The summed E-state index contributed by atoms with van der Waals surface area (Å²) < 4.78 is 5.54. The smallest absolute Gasteiger partial charge is 0.225 e. The second-order valence-corrected chi connectivity index (χ2v) is 8.89. The number of hydrogen-bond acceptors (Lipinski definition) is 3. The van der Waals surface area contributed by atoms with Crippen molar-refractivity contribution < 1.29 is 9.53 Å². The predicted octanol–water partition coefficient (Wildman–Crippen LogP) is 3.55. The van der Waals surface area contributed by atoms with E-state index in [9.17, 15) is 4.79 Å².